The lowest BCUT2D eigenvalue weighted by molar-refractivity contribution is -0.0542. The van der Waals surface area contributed by atoms with E-state index in [0.29, 0.717) is 16.6 Å². The second kappa shape index (κ2) is 7.96. The first-order valence-electron chi connectivity index (χ1n) is 10.0. The Morgan fingerprint density at radius 1 is 1.06 bits per heavy atom. The Labute approximate surface area is 189 Å². The number of sulfone groups is 1. The Bertz CT molecular complexity index is 1440. The average molecular weight is 473 g/mol. The number of hydrogen-bond acceptors (Lipinski definition) is 6. The van der Waals surface area contributed by atoms with Gasteiger partial charge in [0, 0.05) is 28.7 Å². The van der Waals surface area contributed by atoms with Crippen LogP contribution in [0.15, 0.2) is 66.1 Å². The molecule has 0 saturated heterocycles. The van der Waals surface area contributed by atoms with Crippen LogP contribution < -0.4 is 0 Å². The van der Waals surface area contributed by atoms with Crippen molar-refractivity contribution in [3.8, 4) is 0 Å². The summed E-state index contributed by atoms with van der Waals surface area (Å²) in [5.41, 5.74) is -2.27. The van der Waals surface area contributed by atoms with Crippen LogP contribution in [0.2, 0.25) is 0 Å². The molecule has 2 heterocycles. The van der Waals surface area contributed by atoms with Gasteiger partial charge in [0.15, 0.2) is 9.84 Å². The van der Waals surface area contributed by atoms with Gasteiger partial charge in [0.2, 0.25) is 0 Å². The lowest BCUT2D eigenvalue weighted by atomic mass is 9.68. The Balaban J connectivity index is 1.87. The number of hydrogen-bond donors (Lipinski definition) is 1. The first-order valence-corrected chi connectivity index (χ1v) is 11.9. The van der Waals surface area contributed by atoms with Crippen molar-refractivity contribution in [1.29, 1.82) is 0 Å². The van der Waals surface area contributed by atoms with Crippen LogP contribution >= 0.6 is 0 Å². The second-order valence-electron chi connectivity index (χ2n) is 8.53. The van der Waals surface area contributed by atoms with E-state index in [1.165, 1.54) is 35.5 Å². The quantitative estimate of drug-likeness (QED) is 0.462. The molecule has 2 aromatic carbocycles. The second-order valence-corrected chi connectivity index (χ2v) is 10.5. The zero-order valence-corrected chi connectivity index (χ0v) is 19.0. The monoisotopic (exact) mass is 472 g/mol. The molecule has 0 spiro atoms. The Morgan fingerprint density at radius 2 is 1.82 bits per heavy atom. The van der Waals surface area contributed by atoms with Gasteiger partial charge in [0.25, 0.3) is 0 Å². The van der Waals surface area contributed by atoms with Gasteiger partial charge in [-0.3, -0.25) is 4.98 Å². The van der Waals surface area contributed by atoms with Crippen molar-refractivity contribution in [2.45, 2.75) is 36.3 Å². The topological polar surface area (TPSA) is 98.0 Å². The van der Waals surface area contributed by atoms with Gasteiger partial charge in [-0.05, 0) is 30.3 Å². The van der Waals surface area contributed by atoms with Gasteiger partial charge in [-0.1, -0.05) is 26.0 Å². The van der Waals surface area contributed by atoms with Gasteiger partial charge in [0.05, 0.1) is 22.7 Å². The Kier molecular flexibility index (Phi) is 5.53. The molecule has 4 rings (SSSR count). The van der Waals surface area contributed by atoms with Gasteiger partial charge in [-0.15, -0.1) is 0 Å². The van der Waals surface area contributed by atoms with Gasteiger partial charge in [-0.2, -0.15) is 5.10 Å². The summed E-state index contributed by atoms with van der Waals surface area (Å²) in [7, 11) is -3.39. The van der Waals surface area contributed by atoms with Crippen LogP contribution in [-0.4, -0.2) is 39.5 Å². The van der Waals surface area contributed by atoms with Crippen LogP contribution in [0.1, 0.15) is 25.1 Å². The SMILES string of the molecule is CC(C)(c1ccc2cc(S(C)(=O)=O)ccc2n1)C(O)(Cn1cncn1)c1ccc(F)cc1F. The van der Waals surface area contributed by atoms with Crippen LogP contribution in [0.5, 0.6) is 0 Å². The molecule has 1 unspecified atom stereocenters. The zero-order chi connectivity index (χ0) is 24.0. The standard InChI is InChI=1S/C23H22F2N4O3S/c1-22(2,21-9-4-15-10-17(33(3,31)32)6-8-20(15)28-21)23(30,12-29-14-26-13-27-29)18-7-5-16(24)11-19(18)25/h4-11,13-14,30H,12H2,1-3H3. The highest BCUT2D eigenvalue weighted by Crippen LogP contribution is 2.44. The molecule has 0 aliphatic rings. The van der Waals surface area contributed by atoms with E-state index in [0.717, 1.165) is 18.4 Å². The lowest BCUT2D eigenvalue weighted by Gasteiger charge is -2.42. The first kappa shape index (κ1) is 22.9. The van der Waals surface area contributed by atoms with Crippen molar-refractivity contribution in [1.82, 2.24) is 19.7 Å². The van der Waals surface area contributed by atoms with E-state index >= 15 is 0 Å². The molecule has 0 aliphatic heterocycles. The third-order valence-electron chi connectivity index (χ3n) is 6.00. The minimum Gasteiger partial charge on any atom is -0.382 e. The van der Waals surface area contributed by atoms with Gasteiger partial charge >= 0.3 is 0 Å². The maximum Gasteiger partial charge on any atom is 0.175 e. The zero-order valence-electron chi connectivity index (χ0n) is 18.2. The van der Waals surface area contributed by atoms with Gasteiger partial charge in [0.1, 0.15) is 29.9 Å². The fourth-order valence-corrected chi connectivity index (χ4v) is 4.54. The molecule has 0 amide bonds. The van der Waals surface area contributed by atoms with Crippen molar-refractivity contribution in [2.75, 3.05) is 6.26 Å². The van der Waals surface area contributed by atoms with E-state index in [4.69, 9.17) is 0 Å². The molecule has 4 aromatic rings. The van der Waals surface area contributed by atoms with Crippen LogP contribution in [0.3, 0.4) is 0 Å². The minimum atomic E-state index is -3.39. The highest BCUT2D eigenvalue weighted by Gasteiger charge is 2.49. The molecule has 2 aromatic heterocycles. The number of aromatic nitrogens is 4. The van der Waals surface area contributed by atoms with E-state index in [1.807, 2.05) is 0 Å². The molecule has 0 saturated carbocycles. The number of nitrogens with zero attached hydrogens (tertiary/aromatic N) is 4. The van der Waals surface area contributed by atoms with E-state index in [1.54, 1.807) is 32.0 Å². The fourth-order valence-electron chi connectivity index (χ4n) is 3.89. The summed E-state index contributed by atoms with van der Waals surface area (Å²) in [5.74, 6) is -1.66. The molecule has 0 bridgehead atoms. The first-order chi connectivity index (χ1) is 15.4. The van der Waals surface area contributed by atoms with Crippen molar-refractivity contribution >= 4 is 20.7 Å². The van der Waals surface area contributed by atoms with Crippen LogP contribution in [0, 0.1) is 11.6 Å². The predicted molar refractivity (Wildman–Crippen MR) is 118 cm³/mol. The third-order valence-corrected chi connectivity index (χ3v) is 7.11. The minimum absolute atomic E-state index is 0.112. The number of aliphatic hydroxyl groups is 1. The number of fused-ring (bicyclic) bond motifs is 1. The number of rotatable bonds is 6. The maximum atomic E-state index is 14.9. The van der Waals surface area contributed by atoms with Crippen molar-refractivity contribution in [2.24, 2.45) is 0 Å². The molecule has 0 aliphatic carbocycles. The molecule has 1 N–H and O–H groups in total. The Hall–Kier alpha value is -3.24. The number of pyridine rings is 1. The summed E-state index contributed by atoms with van der Waals surface area (Å²) in [5, 5.41) is 16.6. The Morgan fingerprint density at radius 3 is 2.45 bits per heavy atom. The van der Waals surface area contributed by atoms with Crippen molar-refractivity contribution in [3.63, 3.8) is 0 Å². The largest absolute Gasteiger partial charge is 0.382 e. The molecule has 0 radical (unpaired) electrons. The normalized spacial score (nSPS) is 14.4. The summed E-state index contributed by atoms with van der Waals surface area (Å²) in [6.45, 7) is 3.23. The summed E-state index contributed by atoms with van der Waals surface area (Å²) >= 11 is 0. The highest BCUT2D eigenvalue weighted by molar-refractivity contribution is 7.90. The number of benzene rings is 2. The molecule has 172 valence electrons. The van der Waals surface area contributed by atoms with E-state index in [2.05, 4.69) is 15.1 Å². The molecule has 0 fully saturated rings. The van der Waals surface area contributed by atoms with E-state index < -0.39 is 32.5 Å². The van der Waals surface area contributed by atoms with Crippen molar-refractivity contribution in [3.05, 3.63) is 84.1 Å². The highest BCUT2D eigenvalue weighted by atomic mass is 32.2. The molecule has 10 heteroatoms. The molecule has 1 atom stereocenters. The average Bonchev–Trinajstić information content (AvgIpc) is 3.24. The van der Waals surface area contributed by atoms with Crippen molar-refractivity contribution < 1.29 is 22.3 Å². The van der Waals surface area contributed by atoms with Crippen LogP contribution in [-0.2, 0) is 27.4 Å². The van der Waals surface area contributed by atoms with E-state index in [-0.39, 0.29) is 17.0 Å². The molecular weight excluding hydrogens is 450 g/mol. The summed E-state index contributed by atoms with van der Waals surface area (Å²) in [4.78, 5) is 8.69. The fraction of sp³-hybridized carbons (Fsp3) is 0.261. The predicted octanol–water partition coefficient (Wildman–Crippen LogP) is 3.37. The third kappa shape index (κ3) is 4.11. The molecule has 33 heavy (non-hydrogen) atoms. The molecular formula is C23H22F2N4O3S. The summed E-state index contributed by atoms with van der Waals surface area (Å²) in [6, 6.07) is 10.9. The van der Waals surface area contributed by atoms with Gasteiger partial charge < -0.3 is 5.11 Å². The van der Waals surface area contributed by atoms with Gasteiger partial charge in [-0.25, -0.2) is 26.9 Å². The summed E-state index contributed by atoms with van der Waals surface area (Å²) in [6.07, 6.45) is 3.81. The van der Waals surface area contributed by atoms with Crippen LogP contribution in [0.4, 0.5) is 8.78 Å². The maximum absolute atomic E-state index is 14.9. The van der Waals surface area contributed by atoms with Crippen LogP contribution in [0.25, 0.3) is 10.9 Å². The van der Waals surface area contributed by atoms with E-state index in [9.17, 15) is 22.3 Å². The number of halogens is 2. The lowest BCUT2D eigenvalue weighted by Crippen LogP contribution is -2.49. The smallest absolute Gasteiger partial charge is 0.175 e. The summed E-state index contributed by atoms with van der Waals surface area (Å²) < 4.78 is 53.6. The molecule has 7 nitrogen and oxygen atoms in total.